The van der Waals surface area contributed by atoms with Gasteiger partial charge in [0.25, 0.3) is 0 Å². The molecular weight excluding hydrogens is 202 g/mol. The maximum atomic E-state index is 9.92. The zero-order valence-corrected chi connectivity index (χ0v) is 10.2. The number of nitrogens with zero attached hydrogens (tertiary/aromatic N) is 1. The van der Waals surface area contributed by atoms with Crippen molar-refractivity contribution in [1.29, 1.82) is 0 Å². The van der Waals surface area contributed by atoms with E-state index in [0.29, 0.717) is 6.42 Å². The first-order chi connectivity index (χ1) is 7.61. The van der Waals surface area contributed by atoms with E-state index in [1.807, 2.05) is 50.1 Å². The number of hydrogen-bond acceptors (Lipinski definition) is 3. The number of aliphatic hydroxyl groups is 2. The molecule has 3 heteroatoms. The molecule has 0 aliphatic rings. The summed E-state index contributed by atoms with van der Waals surface area (Å²) in [6.07, 6.45) is 0.253. The van der Waals surface area contributed by atoms with Crippen molar-refractivity contribution in [3.8, 4) is 0 Å². The topological polar surface area (TPSA) is 43.7 Å². The number of para-hydroxylation sites is 1. The van der Waals surface area contributed by atoms with Crippen LogP contribution in [0.5, 0.6) is 0 Å². The summed E-state index contributed by atoms with van der Waals surface area (Å²) in [4.78, 5) is 1.99. The van der Waals surface area contributed by atoms with E-state index in [9.17, 15) is 5.11 Å². The number of anilines is 1. The van der Waals surface area contributed by atoms with Crippen LogP contribution in [0.4, 0.5) is 5.69 Å². The van der Waals surface area contributed by atoms with Gasteiger partial charge in [0.05, 0.1) is 12.7 Å². The molecule has 0 aliphatic heterocycles. The van der Waals surface area contributed by atoms with Crippen molar-refractivity contribution in [3.05, 3.63) is 29.8 Å². The summed E-state index contributed by atoms with van der Waals surface area (Å²) < 4.78 is 0. The standard InChI is InChI=1S/C13H21NO2/c1-4-13(16)11-7-5-6-8-12(11)14(3)10(2)9-15/h5-8,10,13,15-16H,4,9H2,1-3H3. The molecule has 2 atom stereocenters. The fourth-order valence-electron chi connectivity index (χ4n) is 1.67. The van der Waals surface area contributed by atoms with Gasteiger partial charge >= 0.3 is 0 Å². The van der Waals surface area contributed by atoms with E-state index in [0.717, 1.165) is 11.3 Å². The normalized spacial score (nSPS) is 14.6. The second-order valence-electron chi connectivity index (χ2n) is 4.13. The molecule has 1 aromatic carbocycles. The van der Waals surface area contributed by atoms with Crippen LogP contribution in [0.2, 0.25) is 0 Å². The van der Waals surface area contributed by atoms with E-state index >= 15 is 0 Å². The Morgan fingerprint density at radius 1 is 1.31 bits per heavy atom. The molecular formula is C13H21NO2. The quantitative estimate of drug-likeness (QED) is 0.802. The molecule has 2 unspecified atom stereocenters. The molecule has 0 heterocycles. The van der Waals surface area contributed by atoms with Crippen molar-refractivity contribution < 1.29 is 10.2 Å². The molecule has 0 aromatic heterocycles. The van der Waals surface area contributed by atoms with Gasteiger partial charge in [-0.1, -0.05) is 25.1 Å². The summed E-state index contributed by atoms with van der Waals surface area (Å²) in [5.41, 5.74) is 1.91. The summed E-state index contributed by atoms with van der Waals surface area (Å²) in [5.74, 6) is 0. The van der Waals surface area contributed by atoms with Crippen LogP contribution in [-0.4, -0.2) is 29.9 Å². The van der Waals surface area contributed by atoms with Crippen molar-refractivity contribution in [3.63, 3.8) is 0 Å². The van der Waals surface area contributed by atoms with Gasteiger partial charge in [-0.25, -0.2) is 0 Å². The van der Waals surface area contributed by atoms with Gasteiger partial charge in [0.15, 0.2) is 0 Å². The molecule has 0 bridgehead atoms. The highest BCUT2D eigenvalue weighted by molar-refractivity contribution is 5.54. The lowest BCUT2D eigenvalue weighted by Gasteiger charge is -2.28. The number of rotatable bonds is 5. The zero-order chi connectivity index (χ0) is 12.1. The molecule has 16 heavy (non-hydrogen) atoms. The third kappa shape index (κ3) is 2.74. The predicted octanol–water partition coefficient (Wildman–Crippen LogP) is 1.95. The van der Waals surface area contributed by atoms with Crippen LogP contribution in [0.15, 0.2) is 24.3 Å². The SMILES string of the molecule is CCC(O)c1ccccc1N(C)C(C)CO. The third-order valence-corrected chi connectivity index (χ3v) is 2.99. The van der Waals surface area contributed by atoms with E-state index in [1.54, 1.807) is 0 Å². The van der Waals surface area contributed by atoms with Gasteiger partial charge in [0, 0.05) is 24.3 Å². The van der Waals surface area contributed by atoms with Gasteiger partial charge in [0.1, 0.15) is 0 Å². The molecule has 0 amide bonds. The summed E-state index contributed by atoms with van der Waals surface area (Å²) in [5, 5.41) is 19.1. The first-order valence-corrected chi connectivity index (χ1v) is 5.72. The van der Waals surface area contributed by atoms with Crippen molar-refractivity contribution in [1.82, 2.24) is 0 Å². The van der Waals surface area contributed by atoms with Crippen molar-refractivity contribution in [2.24, 2.45) is 0 Å². The number of aliphatic hydroxyl groups excluding tert-OH is 2. The van der Waals surface area contributed by atoms with Crippen molar-refractivity contribution >= 4 is 5.69 Å². The van der Waals surface area contributed by atoms with Gasteiger partial charge in [-0.15, -0.1) is 0 Å². The second-order valence-corrected chi connectivity index (χ2v) is 4.13. The summed E-state index contributed by atoms with van der Waals surface area (Å²) in [6.45, 7) is 4.01. The summed E-state index contributed by atoms with van der Waals surface area (Å²) in [6, 6.07) is 7.83. The van der Waals surface area contributed by atoms with Gasteiger partial charge in [0.2, 0.25) is 0 Å². The lowest BCUT2D eigenvalue weighted by Crippen LogP contribution is -2.32. The van der Waals surface area contributed by atoms with Crippen molar-refractivity contribution in [2.45, 2.75) is 32.4 Å². The minimum atomic E-state index is -0.440. The molecule has 90 valence electrons. The molecule has 0 radical (unpaired) electrons. The van der Waals surface area contributed by atoms with Crippen LogP contribution in [0, 0.1) is 0 Å². The van der Waals surface area contributed by atoms with Crippen molar-refractivity contribution in [2.75, 3.05) is 18.6 Å². The van der Waals surface area contributed by atoms with Gasteiger partial charge in [-0.2, -0.15) is 0 Å². The maximum absolute atomic E-state index is 9.92. The average molecular weight is 223 g/mol. The van der Waals surface area contributed by atoms with Crippen LogP contribution in [0.3, 0.4) is 0 Å². The first-order valence-electron chi connectivity index (χ1n) is 5.72. The highest BCUT2D eigenvalue weighted by atomic mass is 16.3. The molecule has 0 saturated carbocycles. The Morgan fingerprint density at radius 3 is 2.50 bits per heavy atom. The molecule has 1 aromatic rings. The number of hydrogen-bond donors (Lipinski definition) is 2. The Kier molecular flexibility index (Phi) is 4.77. The van der Waals surface area contributed by atoms with Crippen LogP contribution in [-0.2, 0) is 0 Å². The summed E-state index contributed by atoms with van der Waals surface area (Å²) in [7, 11) is 1.93. The Morgan fingerprint density at radius 2 is 1.94 bits per heavy atom. The first kappa shape index (κ1) is 13.0. The summed E-state index contributed by atoms with van der Waals surface area (Å²) >= 11 is 0. The van der Waals surface area contributed by atoms with Gasteiger partial charge < -0.3 is 15.1 Å². The Hall–Kier alpha value is -1.06. The fraction of sp³-hybridized carbons (Fsp3) is 0.538. The van der Waals surface area contributed by atoms with E-state index in [1.165, 1.54) is 0 Å². The third-order valence-electron chi connectivity index (χ3n) is 2.99. The Labute approximate surface area is 97.3 Å². The fourth-order valence-corrected chi connectivity index (χ4v) is 1.67. The molecule has 1 rings (SSSR count). The molecule has 3 nitrogen and oxygen atoms in total. The minimum Gasteiger partial charge on any atom is -0.394 e. The van der Waals surface area contributed by atoms with Crippen LogP contribution < -0.4 is 4.90 Å². The highest BCUT2D eigenvalue weighted by Gasteiger charge is 2.16. The smallest absolute Gasteiger partial charge is 0.0807 e. The highest BCUT2D eigenvalue weighted by Crippen LogP contribution is 2.28. The Bertz CT molecular complexity index is 327. The lowest BCUT2D eigenvalue weighted by atomic mass is 10.0. The minimum absolute atomic E-state index is 0.0465. The number of benzene rings is 1. The van der Waals surface area contributed by atoms with Gasteiger partial charge in [-0.05, 0) is 19.4 Å². The van der Waals surface area contributed by atoms with Crippen LogP contribution >= 0.6 is 0 Å². The average Bonchev–Trinajstić information content (AvgIpc) is 2.35. The Balaban J connectivity index is 3.03. The second kappa shape index (κ2) is 5.87. The van der Waals surface area contributed by atoms with Crippen LogP contribution in [0.25, 0.3) is 0 Å². The van der Waals surface area contributed by atoms with E-state index in [4.69, 9.17) is 5.11 Å². The van der Waals surface area contributed by atoms with Crippen LogP contribution in [0.1, 0.15) is 31.9 Å². The van der Waals surface area contributed by atoms with E-state index < -0.39 is 6.10 Å². The molecule has 0 saturated heterocycles. The molecule has 0 aliphatic carbocycles. The zero-order valence-electron chi connectivity index (χ0n) is 10.2. The van der Waals surface area contributed by atoms with E-state index in [2.05, 4.69) is 0 Å². The lowest BCUT2D eigenvalue weighted by molar-refractivity contribution is 0.173. The maximum Gasteiger partial charge on any atom is 0.0807 e. The largest absolute Gasteiger partial charge is 0.394 e. The van der Waals surface area contributed by atoms with Gasteiger partial charge in [-0.3, -0.25) is 0 Å². The number of likely N-dealkylation sites (N-methyl/N-ethyl adjacent to an activating group) is 1. The molecule has 0 spiro atoms. The molecule has 2 N–H and O–H groups in total. The predicted molar refractivity (Wildman–Crippen MR) is 66.6 cm³/mol. The van der Waals surface area contributed by atoms with E-state index in [-0.39, 0.29) is 12.6 Å². The molecule has 0 fully saturated rings. The monoisotopic (exact) mass is 223 g/mol.